The second-order valence-electron chi connectivity index (χ2n) is 6.43. The predicted octanol–water partition coefficient (Wildman–Crippen LogP) is 4.42. The molecule has 1 aromatic rings. The monoisotopic (exact) mass is 339 g/mol. The van der Waals surface area contributed by atoms with Crippen molar-refractivity contribution >= 4 is 27.6 Å². The van der Waals surface area contributed by atoms with Crippen molar-refractivity contribution in [2.24, 2.45) is 11.3 Å². The molecule has 3 nitrogen and oxygen atoms in total. The number of carboxylic acids is 1. The highest BCUT2D eigenvalue weighted by molar-refractivity contribution is 9.10. The zero-order valence-corrected chi connectivity index (χ0v) is 13.6. The lowest BCUT2D eigenvalue weighted by Crippen LogP contribution is -2.36. The molecule has 1 aliphatic carbocycles. The molecule has 0 heterocycles. The molecule has 1 aromatic carbocycles. The van der Waals surface area contributed by atoms with Crippen LogP contribution < -0.4 is 5.73 Å². The summed E-state index contributed by atoms with van der Waals surface area (Å²) in [7, 11) is 0. The maximum Gasteiger partial charge on any atom is 0.311 e. The molecule has 1 saturated carbocycles. The highest BCUT2D eigenvalue weighted by atomic mass is 79.9. The molecule has 0 amide bonds. The van der Waals surface area contributed by atoms with Crippen molar-refractivity contribution in [3.05, 3.63) is 28.2 Å². The molecule has 4 heteroatoms. The zero-order valence-electron chi connectivity index (χ0n) is 12.0. The molecular formula is C16H22BrNO2. The minimum absolute atomic E-state index is 0.0378. The van der Waals surface area contributed by atoms with Gasteiger partial charge in [-0.15, -0.1) is 0 Å². The average molecular weight is 340 g/mol. The Bertz CT molecular complexity index is 513. The van der Waals surface area contributed by atoms with E-state index in [0.29, 0.717) is 5.69 Å². The van der Waals surface area contributed by atoms with Gasteiger partial charge in [0.1, 0.15) is 0 Å². The molecule has 0 radical (unpaired) electrons. The second kappa shape index (κ2) is 5.76. The number of rotatable bonds is 3. The minimum atomic E-state index is -0.769. The first-order valence-corrected chi connectivity index (χ1v) is 7.90. The Labute approximate surface area is 128 Å². The van der Waals surface area contributed by atoms with Gasteiger partial charge in [-0.2, -0.15) is 0 Å². The van der Waals surface area contributed by atoms with Crippen LogP contribution in [0.4, 0.5) is 5.69 Å². The third kappa shape index (κ3) is 3.00. The van der Waals surface area contributed by atoms with Gasteiger partial charge in [-0.1, -0.05) is 42.6 Å². The fourth-order valence-electron chi connectivity index (χ4n) is 3.48. The number of hydrogen-bond acceptors (Lipinski definition) is 2. The predicted molar refractivity (Wildman–Crippen MR) is 84.7 cm³/mol. The van der Waals surface area contributed by atoms with Crippen LogP contribution in [0.15, 0.2) is 22.7 Å². The van der Waals surface area contributed by atoms with Gasteiger partial charge < -0.3 is 10.8 Å². The largest absolute Gasteiger partial charge is 0.481 e. The van der Waals surface area contributed by atoms with Crippen LogP contribution in [0.3, 0.4) is 0 Å². The summed E-state index contributed by atoms with van der Waals surface area (Å²) in [4.78, 5) is 11.9. The average Bonchev–Trinajstić information content (AvgIpc) is 2.35. The maximum absolute atomic E-state index is 11.9. The summed E-state index contributed by atoms with van der Waals surface area (Å²) in [5.41, 5.74) is 7.39. The Hall–Kier alpha value is -1.03. The molecule has 0 bridgehead atoms. The van der Waals surface area contributed by atoms with Crippen LogP contribution in [-0.2, 0) is 4.79 Å². The number of aliphatic carboxylic acids is 1. The van der Waals surface area contributed by atoms with Crippen molar-refractivity contribution in [2.45, 2.75) is 45.4 Å². The van der Waals surface area contributed by atoms with Gasteiger partial charge in [0.05, 0.1) is 5.92 Å². The Kier molecular flexibility index (Phi) is 4.43. The summed E-state index contributed by atoms with van der Waals surface area (Å²) in [5, 5.41) is 9.76. The summed E-state index contributed by atoms with van der Waals surface area (Å²) < 4.78 is 0.876. The van der Waals surface area contributed by atoms with Crippen LogP contribution >= 0.6 is 15.9 Å². The van der Waals surface area contributed by atoms with Crippen LogP contribution in [0.25, 0.3) is 0 Å². The van der Waals surface area contributed by atoms with Crippen LogP contribution in [-0.4, -0.2) is 11.1 Å². The van der Waals surface area contributed by atoms with Gasteiger partial charge in [0, 0.05) is 10.2 Å². The van der Waals surface area contributed by atoms with Crippen molar-refractivity contribution in [3.8, 4) is 0 Å². The van der Waals surface area contributed by atoms with E-state index < -0.39 is 11.9 Å². The normalized spacial score (nSPS) is 23.2. The summed E-state index contributed by atoms with van der Waals surface area (Å²) in [6, 6.07) is 5.49. The smallest absolute Gasteiger partial charge is 0.311 e. The van der Waals surface area contributed by atoms with Crippen LogP contribution in [0.1, 0.15) is 51.0 Å². The Morgan fingerprint density at radius 3 is 2.75 bits per heavy atom. The SMILES string of the molecule is CC1(C)CCCCC1C(C(=O)O)c1cc(Br)ccc1N. The Morgan fingerprint density at radius 2 is 2.15 bits per heavy atom. The molecule has 110 valence electrons. The zero-order chi connectivity index (χ0) is 14.9. The lowest BCUT2D eigenvalue weighted by molar-refractivity contribution is -0.142. The van der Waals surface area contributed by atoms with Crippen molar-refractivity contribution in [2.75, 3.05) is 5.73 Å². The van der Waals surface area contributed by atoms with E-state index in [1.165, 1.54) is 6.42 Å². The van der Waals surface area contributed by atoms with Crippen molar-refractivity contribution < 1.29 is 9.90 Å². The first kappa shape index (κ1) is 15.4. The van der Waals surface area contributed by atoms with Crippen molar-refractivity contribution in [1.29, 1.82) is 0 Å². The van der Waals surface area contributed by atoms with Gasteiger partial charge in [-0.3, -0.25) is 4.79 Å². The summed E-state index contributed by atoms with van der Waals surface area (Å²) >= 11 is 3.42. The third-order valence-electron chi connectivity index (χ3n) is 4.64. The lowest BCUT2D eigenvalue weighted by atomic mass is 9.62. The van der Waals surface area contributed by atoms with Gasteiger partial charge in [-0.05, 0) is 47.9 Å². The highest BCUT2D eigenvalue weighted by Crippen LogP contribution is 2.49. The molecule has 2 atom stereocenters. The molecule has 0 aliphatic heterocycles. The number of benzene rings is 1. The number of carboxylic acid groups (broad SMARTS) is 1. The minimum Gasteiger partial charge on any atom is -0.481 e. The molecule has 1 fully saturated rings. The second-order valence-corrected chi connectivity index (χ2v) is 7.35. The summed E-state index contributed by atoms with van der Waals surface area (Å²) in [6.07, 6.45) is 4.32. The molecular weight excluding hydrogens is 318 g/mol. The molecule has 0 saturated heterocycles. The summed E-state index contributed by atoms with van der Waals surface area (Å²) in [5.74, 6) is -1.16. The highest BCUT2D eigenvalue weighted by Gasteiger charge is 2.42. The number of nitrogen functional groups attached to an aromatic ring is 1. The molecule has 20 heavy (non-hydrogen) atoms. The molecule has 2 rings (SSSR count). The van der Waals surface area contributed by atoms with Crippen LogP contribution in [0.2, 0.25) is 0 Å². The molecule has 2 unspecified atom stereocenters. The van der Waals surface area contributed by atoms with Crippen molar-refractivity contribution in [3.63, 3.8) is 0 Å². The molecule has 0 aromatic heterocycles. The maximum atomic E-state index is 11.9. The van der Waals surface area contributed by atoms with Crippen LogP contribution in [0, 0.1) is 11.3 Å². The van der Waals surface area contributed by atoms with E-state index >= 15 is 0 Å². The van der Waals surface area contributed by atoms with E-state index in [0.717, 1.165) is 29.3 Å². The lowest BCUT2D eigenvalue weighted by Gasteiger charge is -2.42. The fraction of sp³-hybridized carbons (Fsp3) is 0.562. The first-order valence-electron chi connectivity index (χ1n) is 7.10. The summed E-state index contributed by atoms with van der Waals surface area (Å²) in [6.45, 7) is 4.36. The quantitative estimate of drug-likeness (QED) is 0.801. The number of carbonyl (C=O) groups is 1. The number of hydrogen-bond donors (Lipinski definition) is 2. The van der Waals surface area contributed by atoms with E-state index in [9.17, 15) is 9.90 Å². The van der Waals surface area contributed by atoms with Gasteiger partial charge in [-0.25, -0.2) is 0 Å². The number of nitrogens with two attached hydrogens (primary N) is 1. The van der Waals surface area contributed by atoms with E-state index in [1.54, 1.807) is 6.07 Å². The number of halogens is 1. The van der Waals surface area contributed by atoms with E-state index in [-0.39, 0.29) is 11.3 Å². The van der Waals surface area contributed by atoms with Gasteiger partial charge >= 0.3 is 5.97 Å². The third-order valence-corrected chi connectivity index (χ3v) is 5.14. The molecule has 0 spiro atoms. The van der Waals surface area contributed by atoms with E-state index in [2.05, 4.69) is 29.8 Å². The van der Waals surface area contributed by atoms with Crippen molar-refractivity contribution in [1.82, 2.24) is 0 Å². The standard InChI is InChI=1S/C16H22BrNO2/c1-16(2)8-4-3-5-12(16)14(15(19)20)11-9-10(17)6-7-13(11)18/h6-7,9,12,14H,3-5,8,18H2,1-2H3,(H,19,20). The fourth-order valence-corrected chi connectivity index (χ4v) is 3.85. The van der Waals surface area contributed by atoms with E-state index in [4.69, 9.17) is 5.73 Å². The molecule has 1 aliphatic rings. The van der Waals surface area contributed by atoms with Gasteiger partial charge in [0.2, 0.25) is 0 Å². The van der Waals surface area contributed by atoms with Crippen LogP contribution in [0.5, 0.6) is 0 Å². The number of anilines is 1. The Morgan fingerprint density at radius 1 is 1.45 bits per heavy atom. The topological polar surface area (TPSA) is 63.3 Å². The van der Waals surface area contributed by atoms with E-state index in [1.807, 2.05) is 12.1 Å². The van der Waals surface area contributed by atoms with Gasteiger partial charge in [0.25, 0.3) is 0 Å². The van der Waals surface area contributed by atoms with Gasteiger partial charge in [0.15, 0.2) is 0 Å². The molecule has 3 N–H and O–H groups in total. The first-order chi connectivity index (χ1) is 9.33. The Balaban J connectivity index is 2.46.